The minimum atomic E-state index is 0.845. The molecule has 1 N–H and O–H groups in total. The van der Waals surface area contributed by atoms with E-state index in [4.69, 9.17) is 5.10 Å². The summed E-state index contributed by atoms with van der Waals surface area (Å²) in [6, 6.07) is 8.23. The Hall–Kier alpha value is -1.92. The third-order valence-corrected chi connectivity index (χ3v) is 4.67. The highest BCUT2D eigenvalue weighted by atomic mass is 79.9. The lowest BCUT2D eigenvalue weighted by atomic mass is 10.2. The van der Waals surface area contributed by atoms with Crippen LogP contribution in [0.3, 0.4) is 0 Å². The van der Waals surface area contributed by atoms with E-state index < -0.39 is 0 Å². The normalized spacial score (nSPS) is 11.1. The van der Waals surface area contributed by atoms with Gasteiger partial charge in [0.25, 0.3) is 0 Å². The van der Waals surface area contributed by atoms with E-state index in [-0.39, 0.29) is 0 Å². The Morgan fingerprint density at radius 3 is 2.67 bits per heavy atom. The monoisotopic (exact) mass is 387 g/mol. The molecule has 0 fully saturated rings. The van der Waals surface area contributed by atoms with Gasteiger partial charge >= 0.3 is 0 Å². The van der Waals surface area contributed by atoms with Gasteiger partial charge in [-0.05, 0) is 51.1 Å². The van der Waals surface area contributed by atoms with E-state index in [1.807, 2.05) is 35.5 Å². The average molecular weight is 388 g/mol. The minimum absolute atomic E-state index is 0.845. The summed E-state index contributed by atoms with van der Waals surface area (Å²) >= 11 is 3.47. The third-order valence-electron chi connectivity index (χ3n) is 4.14. The van der Waals surface area contributed by atoms with Crippen LogP contribution in [0.1, 0.15) is 23.4 Å². The second-order valence-electron chi connectivity index (χ2n) is 5.87. The van der Waals surface area contributed by atoms with Gasteiger partial charge in [-0.2, -0.15) is 5.10 Å². The average Bonchev–Trinajstić information content (AvgIpc) is 3.18. The summed E-state index contributed by atoms with van der Waals surface area (Å²) in [5, 5.41) is 8.22. The third kappa shape index (κ3) is 3.94. The fourth-order valence-corrected chi connectivity index (χ4v) is 3.05. The molecular formula is C18H22BrN5. The predicted molar refractivity (Wildman–Crippen MR) is 99.3 cm³/mol. The minimum Gasteiger partial charge on any atom is -0.337 e. The molecule has 6 heteroatoms. The first kappa shape index (κ1) is 16.9. The van der Waals surface area contributed by atoms with Crippen LogP contribution < -0.4 is 5.32 Å². The number of hydrogen-bond donors (Lipinski definition) is 1. The Balaban J connectivity index is 1.58. The topological polar surface area (TPSA) is 47.7 Å². The van der Waals surface area contributed by atoms with Gasteiger partial charge in [-0.25, -0.2) is 9.67 Å². The number of nitrogens with one attached hydrogen (secondary N) is 1. The van der Waals surface area contributed by atoms with Gasteiger partial charge in [0.15, 0.2) is 0 Å². The molecule has 126 valence electrons. The SMILES string of the molecule is Cc1nn(-c2ccc(Br)cc2)c(C)c1CNCCCn1ccnc1. The molecule has 3 aromatic rings. The predicted octanol–water partition coefficient (Wildman–Crippen LogP) is 3.63. The van der Waals surface area contributed by atoms with E-state index in [0.717, 1.165) is 41.9 Å². The Morgan fingerprint density at radius 1 is 1.17 bits per heavy atom. The molecule has 2 heterocycles. The van der Waals surface area contributed by atoms with Gasteiger partial charge in [0, 0.05) is 41.2 Å². The van der Waals surface area contributed by atoms with Crippen LogP contribution >= 0.6 is 15.9 Å². The van der Waals surface area contributed by atoms with Gasteiger partial charge in [0.2, 0.25) is 0 Å². The zero-order chi connectivity index (χ0) is 16.9. The Morgan fingerprint density at radius 2 is 1.96 bits per heavy atom. The zero-order valence-electron chi connectivity index (χ0n) is 14.0. The highest BCUT2D eigenvalue weighted by molar-refractivity contribution is 9.10. The van der Waals surface area contributed by atoms with Crippen molar-refractivity contribution >= 4 is 15.9 Å². The Bertz CT molecular complexity index is 775. The Labute approximate surface area is 150 Å². The van der Waals surface area contributed by atoms with Crippen molar-refractivity contribution in [1.29, 1.82) is 0 Å². The van der Waals surface area contributed by atoms with Crippen LogP contribution in [-0.2, 0) is 13.1 Å². The smallest absolute Gasteiger partial charge is 0.0945 e. The van der Waals surface area contributed by atoms with E-state index >= 15 is 0 Å². The summed E-state index contributed by atoms with van der Waals surface area (Å²) in [6.07, 6.45) is 6.75. The molecule has 0 saturated heterocycles. The molecule has 0 unspecified atom stereocenters. The number of aromatic nitrogens is 4. The molecule has 0 radical (unpaired) electrons. The zero-order valence-corrected chi connectivity index (χ0v) is 15.6. The van der Waals surface area contributed by atoms with Crippen molar-refractivity contribution in [2.24, 2.45) is 0 Å². The fourth-order valence-electron chi connectivity index (χ4n) is 2.78. The van der Waals surface area contributed by atoms with E-state index in [2.05, 4.69) is 56.8 Å². The molecule has 0 saturated carbocycles. The molecule has 0 aliphatic rings. The fraction of sp³-hybridized carbons (Fsp3) is 0.333. The number of imidazole rings is 1. The maximum absolute atomic E-state index is 4.70. The highest BCUT2D eigenvalue weighted by Gasteiger charge is 2.12. The van der Waals surface area contributed by atoms with Crippen molar-refractivity contribution < 1.29 is 0 Å². The second kappa shape index (κ2) is 7.77. The van der Waals surface area contributed by atoms with E-state index in [1.54, 1.807) is 0 Å². The van der Waals surface area contributed by atoms with Gasteiger partial charge in [-0.1, -0.05) is 15.9 Å². The molecule has 1 aromatic carbocycles. The van der Waals surface area contributed by atoms with Gasteiger partial charge in [-0.3, -0.25) is 0 Å². The second-order valence-corrected chi connectivity index (χ2v) is 6.78. The molecule has 0 amide bonds. The van der Waals surface area contributed by atoms with Gasteiger partial charge in [0.05, 0.1) is 17.7 Å². The van der Waals surface area contributed by atoms with E-state index in [9.17, 15) is 0 Å². The van der Waals surface area contributed by atoms with Crippen LogP contribution in [-0.4, -0.2) is 25.9 Å². The standard InChI is InChI=1S/C18H22BrN5/c1-14-18(12-20-8-3-10-23-11-9-21-13-23)15(2)24(22-14)17-6-4-16(19)5-7-17/h4-7,9,11,13,20H,3,8,10,12H2,1-2H3. The van der Waals surface area contributed by atoms with Gasteiger partial charge in [-0.15, -0.1) is 0 Å². The number of hydrogen-bond acceptors (Lipinski definition) is 3. The summed E-state index contributed by atoms with van der Waals surface area (Å²) in [4.78, 5) is 4.06. The van der Waals surface area contributed by atoms with E-state index in [0.29, 0.717) is 0 Å². The van der Waals surface area contributed by atoms with Crippen LogP contribution in [0.25, 0.3) is 5.69 Å². The first-order valence-corrected chi connectivity index (χ1v) is 8.92. The number of nitrogens with zero attached hydrogens (tertiary/aromatic N) is 4. The van der Waals surface area contributed by atoms with Crippen LogP contribution in [0.15, 0.2) is 47.5 Å². The molecule has 0 spiro atoms. The van der Waals surface area contributed by atoms with Crippen molar-refractivity contribution in [2.45, 2.75) is 33.4 Å². The Kier molecular flexibility index (Phi) is 5.48. The van der Waals surface area contributed by atoms with Crippen LogP contribution in [0.2, 0.25) is 0 Å². The van der Waals surface area contributed by atoms with Crippen molar-refractivity contribution in [3.8, 4) is 5.69 Å². The molecule has 0 aliphatic carbocycles. The van der Waals surface area contributed by atoms with Crippen molar-refractivity contribution in [2.75, 3.05) is 6.54 Å². The highest BCUT2D eigenvalue weighted by Crippen LogP contribution is 2.19. The molecule has 0 bridgehead atoms. The molecule has 3 rings (SSSR count). The molecular weight excluding hydrogens is 366 g/mol. The first-order chi connectivity index (χ1) is 11.6. The maximum Gasteiger partial charge on any atom is 0.0945 e. The van der Waals surface area contributed by atoms with Gasteiger partial charge < -0.3 is 9.88 Å². The lowest BCUT2D eigenvalue weighted by molar-refractivity contribution is 0.579. The summed E-state index contributed by atoms with van der Waals surface area (Å²) in [6.45, 7) is 7.01. The van der Waals surface area contributed by atoms with Crippen molar-refractivity contribution in [1.82, 2.24) is 24.6 Å². The number of halogens is 1. The molecule has 0 atom stereocenters. The van der Waals surface area contributed by atoms with E-state index in [1.165, 1.54) is 11.3 Å². The quantitative estimate of drug-likeness (QED) is 0.629. The summed E-state index contributed by atoms with van der Waals surface area (Å²) < 4.78 is 5.20. The van der Waals surface area contributed by atoms with Gasteiger partial charge in [0.1, 0.15) is 0 Å². The summed E-state index contributed by atoms with van der Waals surface area (Å²) in [7, 11) is 0. The maximum atomic E-state index is 4.70. The lowest BCUT2D eigenvalue weighted by Crippen LogP contribution is -2.17. The largest absolute Gasteiger partial charge is 0.337 e. The van der Waals surface area contributed by atoms with Crippen molar-refractivity contribution in [3.05, 3.63) is 64.4 Å². The number of benzene rings is 1. The number of aryl methyl sites for hydroxylation is 2. The van der Waals surface area contributed by atoms with Crippen molar-refractivity contribution in [3.63, 3.8) is 0 Å². The lowest BCUT2D eigenvalue weighted by Gasteiger charge is -2.07. The van der Waals surface area contributed by atoms with Crippen LogP contribution in [0.4, 0.5) is 0 Å². The molecule has 5 nitrogen and oxygen atoms in total. The summed E-state index contributed by atoms with van der Waals surface area (Å²) in [5.74, 6) is 0. The van der Waals surface area contributed by atoms with Crippen LogP contribution in [0.5, 0.6) is 0 Å². The molecule has 24 heavy (non-hydrogen) atoms. The summed E-state index contributed by atoms with van der Waals surface area (Å²) in [5.41, 5.74) is 4.64. The molecule has 0 aliphatic heterocycles. The first-order valence-electron chi connectivity index (χ1n) is 8.12. The van der Waals surface area contributed by atoms with Crippen LogP contribution in [0, 0.1) is 13.8 Å². The molecule has 2 aromatic heterocycles. The number of rotatable bonds is 7.